The molecule has 1 unspecified atom stereocenters. The summed E-state index contributed by atoms with van der Waals surface area (Å²) in [5.41, 5.74) is 0.206. The van der Waals surface area contributed by atoms with Crippen molar-refractivity contribution in [3.8, 4) is 0 Å². The molecule has 0 saturated carbocycles. The number of thiophene rings is 1. The second-order valence-electron chi connectivity index (χ2n) is 6.99. The fourth-order valence-corrected chi connectivity index (χ4v) is 4.12. The van der Waals surface area contributed by atoms with Crippen LogP contribution in [0.2, 0.25) is 0 Å². The number of nitrogens with zero attached hydrogens (tertiary/aromatic N) is 2. The molecule has 1 atom stereocenters. The minimum atomic E-state index is -4.33. The number of guanidine groups is 1. The lowest BCUT2D eigenvalue weighted by atomic mass is 10.0. The van der Waals surface area contributed by atoms with Gasteiger partial charge in [0.05, 0.1) is 24.8 Å². The van der Waals surface area contributed by atoms with Gasteiger partial charge >= 0.3 is 6.18 Å². The highest BCUT2D eigenvalue weighted by atomic mass is 127. The van der Waals surface area contributed by atoms with Gasteiger partial charge in [-0.3, -0.25) is 9.89 Å². The van der Waals surface area contributed by atoms with Crippen LogP contribution in [0.15, 0.2) is 46.8 Å². The Hall–Kier alpha value is -1.37. The van der Waals surface area contributed by atoms with Crippen LogP contribution >= 0.6 is 35.3 Å². The Morgan fingerprint density at radius 2 is 1.87 bits per heavy atom. The Morgan fingerprint density at radius 1 is 1.16 bits per heavy atom. The quantitative estimate of drug-likeness (QED) is 0.299. The van der Waals surface area contributed by atoms with Crippen LogP contribution in [0, 0.1) is 0 Å². The number of hydrogen-bond acceptors (Lipinski definition) is 4. The lowest BCUT2D eigenvalue weighted by molar-refractivity contribution is -0.137. The van der Waals surface area contributed by atoms with Crippen LogP contribution in [0.25, 0.3) is 0 Å². The molecule has 5 nitrogen and oxygen atoms in total. The summed E-state index contributed by atoms with van der Waals surface area (Å²) in [7, 11) is 1.71. The van der Waals surface area contributed by atoms with Gasteiger partial charge in [0.1, 0.15) is 0 Å². The average molecular weight is 568 g/mol. The molecule has 0 radical (unpaired) electrons. The summed E-state index contributed by atoms with van der Waals surface area (Å²) in [6, 6.07) is 9.49. The van der Waals surface area contributed by atoms with Crippen molar-refractivity contribution in [1.29, 1.82) is 0 Å². The van der Waals surface area contributed by atoms with E-state index >= 15 is 0 Å². The number of benzene rings is 1. The van der Waals surface area contributed by atoms with Crippen LogP contribution in [0.3, 0.4) is 0 Å². The van der Waals surface area contributed by atoms with Crippen LogP contribution in [0.5, 0.6) is 0 Å². The maximum Gasteiger partial charge on any atom is 0.416 e. The van der Waals surface area contributed by atoms with Crippen LogP contribution in [0.1, 0.15) is 22.0 Å². The summed E-state index contributed by atoms with van der Waals surface area (Å²) in [6.07, 6.45) is -3.43. The molecule has 0 bridgehead atoms. The second kappa shape index (κ2) is 12.6. The number of rotatable bonds is 7. The van der Waals surface area contributed by atoms with Crippen molar-refractivity contribution in [3.63, 3.8) is 0 Å². The molecule has 1 aromatic heterocycles. The molecule has 172 valence electrons. The molecule has 0 amide bonds. The van der Waals surface area contributed by atoms with E-state index in [1.54, 1.807) is 30.5 Å². The Labute approximate surface area is 202 Å². The van der Waals surface area contributed by atoms with Gasteiger partial charge in [-0.25, -0.2) is 0 Å². The van der Waals surface area contributed by atoms with Crippen LogP contribution in [-0.2, 0) is 17.3 Å². The monoisotopic (exact) mass is 568 g/mol. The molecule has 2 heterocycles. The summed E-state index contributed by atoms with van der Waals surface area (Å²) in [5.74, 6) is 0.678. The third kappa shape index (κ3) is 7.92. The molecule has 1 aromatic carbocycles. The van der Waals surface area contributed by atoms with Crippen molar-refractivity contribution in [2.75, 3.05) is 46.4 Å². The molecule has 31 heavy (non-hydrogen) atoms. The maximum atomic E-state index is 12.9. The van der Waals surface area contributed by atoms with E-state index in [0.29, 0.717) is 25.7 Å². The van der Waals surface area contributed by atoms with E-state index < -0.39 is 11.7 Å². The normalized spacial score (nSPS) is 16.5. The van der Waals surface area contributed by atoms with Crippen molar-refractivity contribution in [2.45, 2.75) is 18.6 Å². The molecule has 10 heteroatoms. The van der Waals surface area contributed by atoms with Crippen molar-refractivity contribution < 1.29 is 17.9 Å². The fraction of sp³-hybridized carbons (Fsp3) is 0.476. The highest BCUT2D eigenvalue weighted by molar-refractivity contribution is 14.0. The number of morpholine rings is 1. The summed E-state index contributed by atoms with van der Waals surface area (Å²) < 4.78 is 44.2. The SMILES string of the molecule is CN=C(NCCc1cccs1)NCC(c1ccc(C(F)(F)F)cc1)N1CCOCC1.I. The van der Waals surface area contributed by atoms with Crippen molar-refractivity contribution in [3.05, 3.63) is 57.8 Å². The molecule has 0 spiro atoms. The minimum Gasteiger partial charge on any atom is -0.379 e. The van der Waals surface area contributed by atoms with E-state index in [2.05, 4.69) is 32.0 Å². The molecule has 1 aliphatic rings. The highest BCUT2D eigenvalue weighted by Gasteiger charge is 2.31. The van der Waals surface area contributed by atoms with Gasteiger partial charge in [0.15, 0.2) is 5.96 Å². The molecular formula is C21H28F3IN4OS. The first-order chi connectivity index (χ1) is 14.5. The molecule has 2 N–H and O–H groups in total. The molecular weight excluding hydrogens is 540 g/mol. The maximum absolute atomic E-state index is 12.9. The van der Waals surface area contributed by atoms with Gasteiger partial charge in [-0.05, 0) is 35.6 Å². The second-order valence-corrected chi connectivity index (χ2v) is 8.03. The zero-order chi connectivity index (χ0) is 21.4. The van der Waals surface area contributed by atoms with E-state index in [0.717, 1.165) is 43.8 Å². The third-order valence-corrected chi connectivity index (χ3v) is 5.98. The number of nitrogens with one attached hydrogen (secondary N) is 2. The topological polar surface area (TPSA) is 48.9 Å². The number of ether oxygens (including phenoxy) is 1. The Bertz CT molecular complexity index is 794. The first kappa shape index (κ1) is 25.9. The summed E-state index contributed by atoms with van der Waals surface area (Å²) in [5, 5.41) is 8.68. The predicted molar refractivity (Wildman–Crippen MR) is 129 cm³/mol. The molecule has 1 aliphatic heterocycles. The lowest BCUT2D eigenvalue weighted by Gasteiger charge is -2.35. The summed E-state index contributed by atoms with van der Waals surface area (Å²) in [6.45, 7) is 3.98. The first-order valence-electron chi connectivity index (χ1n) is 9.93. The first-order valence-corrected chi connectivity index (χ1v) is 10.8. The van der Waals surface area contributed by atoms with Gasteiger partial charge in [0.2, 0.25) is 0 Å². The summed E-state index contributed by atoms with van der Waals surface area (Å²) >= 11 is 1.72. The predicted octanol–water partition coefficient (Wildman–Crippen LogP) is 4.17. The van der Waals surface area contributed by atoms with E-state index in [1.807, 2.05) is 6.07 Å². The van der Waals surface area contributed by atoms with E-state index in [-0.39, 0.29) is 30.0 Å². The van der Waals surface area contributed by atoms with Gasteiger partial charge < -0.3 is 15.4 Å². The van der Waals surface area contributed by atoms with Gasteiger partial charge in [-0.15, -0.1) is 35.3 Å². The van der Waals surface area contributed by atoms with Gasteiger partial charge in [-0.1, -0.05) is 18.2 Å². The lowest BCUT2D eigenvalue weighted by Crippen LogP contribution is -2.46. The average Bonchev–Trinajstić information content (AvgIpc) is 3.26. The van der Waals surface area contributed by atoms with Crippen LogP contribution in [0.4, 0.5) is 13.2 Å². The third-order valence-electron chi connectivity index (χ3n) is 5.04. The molecule has 3 rings (SSSR count). The zero-order valence-electron chi connectivity index (χ0n) is 17.3. The molecule has 0 aliphatic carbocycles. The minimum absolute atomic E-state index is 0. The number of alkyl halides is 3. The van der Waals surface area contributed by atoms with Crippen LogP contribution in [-0.4, -0.2) is 57.3 Å². The number of halogens is 4. The van der Waals surface area contributed by atoms with E-state index in [4.69, 9.17) is 4.74 Å². The van der Waals surface area contributed by atoms with Crippen molar-refractivity contribution in [1.82, 2.24) is 15.5 Å². The Morgan fingerprint density at radius 3 is 2.45 bits per heavy atom. The molecule has 2 aromatic rings. The zero-order valence-corrected chi connectivity index (χ0v) is 20.5. The number of hydrogen-bond donors (Lipinski definition) is 2. The molecule has 1 fully saturated rings. The van der Waals surface area contributed by atoms with Crippen LogP contribution < -0.4 is 10.6 Å². The molecule has 1 saturated heterocycles. The van der Waals surface area contributed by atoms with Gasteiger partial charge in [0, 0.05) is 38.1 Å². The Balaban J connectivity index is 0.00000341. The van der Waals surface area contributed by atoms with Gasteiger partial charge in [0.25, 0.3) is 0 Å². The summed E-state index contributed by atoms with van der Waals surface area (Å²) in [4.78, 5) is 7.80. The van der Waals surface area contributed by atoms with Gasteiger partial charge in [-0.2, -0.15) is 13.2 Å². The van der Waals surface area contributed by atoms with E-state index in [9.17, 15) is 13.2 Å². The smallest absolute Gasteiger partial charge is 0.379 e. The number of aliphatic imine (C=N–C) groups is 1. The standard InChI is InChI=1S/C21H27F3N4OS.HI/c1-25-20(26-9-8-18-3-2-14-30-18)27-15-19(28-10-12-29-13-11-28)16-4-6-17(7-5-16)21(22,23)24;/h2-7,14,19H,8-13,15H2,1H3,(H2,25,26,27);1H. The Kier molecular flexibility index (Phi) is 10.5. The fourth-order valence-electron chi connectivity index (χ4n) is 3.41. The highest BCUT2D eigenvalue weighted by Crippen LogP contribution is 2.31. The van der Waals surface area contributed by atoms with E-state index in [1.165, 1.54) is 4.88 Å². The van der Waals surface area contributed by atoms with Crippen molar-refractivity contribution in [2.24, 2.45) is 4.99 Å². The van der Waals surface area contributed by atoms with Crippen molar-refractivity contribution >= 4 is 41.3 Å². The largest absolute Gasteiger partial charge is 0.416 e.